The van der Waals surface area contributed by atoms with E-state index in [1.807, 2.05) is 0 Å². The van der Waals surface area contributed by atoms with Gasteiger partial charge in [0, 0.05) is 51.2 Å². The normalized spacial score (nSPS) is 0. The third-order valence-corrected chi connectivity index (χ3v) is 0. The molecule has 0 rings (SSSR count). The van der Waals surface area contributed by atoms with Crippen molar-refractivity contribution in [1.82, 2.24) is 0 Å². The molecule has 0 bridgehead atoms. The van der Waals surface area contributed by atoms with Crippen molar-refractivity contribution in [2.24, 2.45) is 0 Å². The summed E-state index contributed by atoms with van der Waals surface area (Å²) in [5, 5.41) is 0. The van der Waals surface area contributed by atoms with Gasteiger partial charge in [-0.2, -0.15) is 0 Å². The van der Waals surface area contributed by atoms with Gasteiger partial charge >= 0.3 is 23.1 Å². The SMILES string of the molecule is [Cu].[Fe].[H-].[H-].[Mg+2].[Mn]. The average Bonchev–Trinajstić information content (AvgIpc) is 0. The zero-order chi connectivity index (χ0) is 0. The summed E-state index contributed by atoms with van der Waals surface area (Å²) in [6.07, 6.45) is 0. The molecule has 2 radical (unpaired) electrons. The Morgan fingerprint density at radius 2 is 1.25 bits per heavy atom. The van der Waals surface area contributed by atoms with Crippen molar-refractivity contribution in [1.29, 1.82) is 0 Å². The third kappa shape index (κ3) is 8.85. The Balaban J connectivity index is 0. The predicted molar refractivity (Wildman–Crippen MR) is 7.98 cm³/mol. The van der Waals surface area contributed by atoms with Crippen LogP contribution in [0.5, 0.6) is 0 Å². The van der Waals surface area contributed by atoms with Gasteiger partial charge in [-0.05, 0) is 0 Å². The van der Waals surface area contributed by atoms with Gasteiger partial charge < -0.3 is 2.85 Å². The number of rotatable bonds is 0. The first-order valence-electron chi connectivity index (χ1n) is 0. The Hall–Kier alpha value is 2.32. The predicted octanol–water partition coefficient (Wildman–Crippen LogP) is -0.163. The molecule has 0 aromatic heterocycles. The summed E-state index contributed by atoms with van der Waals surface area (Å²) >= 11 is 0. The summed E-state index contributed by atoms with van der Waals surface area (Å²) in [5.74, 6) is 0. The molecule has 0 saturated carbocycles. The van der Waals surface area contributed by atoms with Crippen molar-refractivity contribution >= 4 is 23.1 Å². The van der Waals surface area contributed by atoms with Crippen molar-refractivity contribution in [3.8, 4) is 0 Å². The molecule has 0 heterocycles. The minimum atomic E-state index is 0. The van der Waals surface area contributed by atoms with Crippen LogP contribution in [-0.2, 0) is 51.2 Å². The first-order valence-corrected chi connectivity index (χ1v) is 0. The molecule has 0 amide bonds. The molecule has 0 aromatic carbocycles. The van der Waals surface area contributed by atoms with Crippen molar-refractivity contribution in [3.63, 3.8) is 0 Å². The van der Waals surface area contributed by atoms with Gasteiger partial charge in [0.2, 0.25) is 0 Å². The second-order valence-corrected chi connectivity index (χ2v) is 0. The maximum absolute atomic E-state index is 0. The van der Waals surface area contributed by atoms with E-state index in [9.17, 15) is 0 Å². The van der Waals surface area contributed by atoms with E-state index in [2.05, 4.69) is 0 Å². The van der Waals surface area contributed by atoms with E-state index in [0.29, 0.717) is 0 Å². The Bertz CT molecular complexity index is 13.5. The fourth-order valence-corrected chi connectivity index (χ4v) is 0. The molecule has 0 saturated heterocycles. The van der Waals surface area contributed by atoms with E-state index >= 15 is 0 Å². The van der Waals surface area contributed by atoms with Gasteiger partial charge in [-0.25, -0.2) is 0 Å². The van der Waals surface area contributed by atoms with Gasteiger partial charge in [0.05, 0.1) is 0 Å². The topological polar surface area (TPSA) is 0 Å². The Labute approximate surface area is 76.4 Å². The molecule has 0 unspecified atom stereocenters. The first kappa shape index (κ1) is 33.2. The van der Waals surface area contributed by atoms with E-state index in [-0.39, 0.29) is 77.1 Å². The monoisotopic (exact) mass is 200 g/mol. The van der Waals surface area contributed by atoms with E-state index in [4.69, 9.17) is 0 Å². The second-order valence-electron chi connectivity index (χ2n) is 0. The quantitative estimate of drug-likeness (QED) is 0.477. The summed E-state index contributed by atoms with van der Waals surface area (Å²) in [6.45, 7) is 0. The van der Waals surface area contributed by atoms with Gasteiger partial charge in [-0.15, -0.1) is 0 Å². The van der Waals surface area contributed by atoms with Crippen LogP contribution in [0, 0.1) is 0 Å². The van der Waals surface area contributed by atoms with Crippen LogP contribution in [0.2, 0.25) is 0 Å². The smallest absolute Gasteiger partial charge is 1.00 e. The van der Waals surface area contributed by atoms with Crippen LogP contribution < -0.4 is 0 Å². The van der Waals surface area contributed by atoms with Crippen LogP contribution in [0.1, 0.15) is 2.85 Å². The van der Waals surface area contributed by atoms with Crippen molar-refractivity contribution in [2.75, 3.05) is 0 Å². The number of hydrogen-bond donors (Lipinski definition) is 0. The number of hydrogen-bond acceptors (Lipinski definition) is 0. The maximum atomic E-state index is 0. The second kappa shape index (κ2) is 18.4. The van der Waals surface area contributed by atoms with Crippen LogP contribution in [0.15, 0.2) is 0 Å². The first-order chi connectivity index (χ1) is 0. The van der Waals surface area contributed by atoms with E-state index in [1.165, 1.54) is 0 Å². The summed E-state index contributed by atoms with van der Waals surface area (Å²) in [6, 6.07) is 0. The van der Waals surface area contributed by atoms with Crippen LogP contribution in [-0.4, -0.2) is 23.1 Å². The van der Waals surface area contributed by atoms with Crippen LogP contribution >= 0.6 is 0 Å². The zero-order valence-corrected chi connectivity index (χ0v) is 6.38. The fourth-order valence-electron chi connectivity index (χ4n) is 0. The molecule has 0 aliphatic rings. The van der Waals surface area contributed by atoms with Gasteiger partial charge in [-0.3, -0.25) is 0 Å². The molecule has 0 aliphatic carbocycles. The molecule has 4 heavy (non-hydrogen) atoms. The van der Waals surface area contributed by atoms with E-state index in [1.54, 1.807) is 0 Å². The summed E-state index contributed by atoms with van der Waals surface area (Å²) in [5.41, 5.74) is 0. The molecule has 0 fully saturated rings. The summed E-state index contributed by atoms with van der Waals surface area (Å²) < 4.78 is 0. The molecule has 0 atom stereocenters. The molecule has 4 heteroatoms. The molecule has 0 N–H and O–H groups in total. The van der Waals surface area contributed by atoms with Crippen molar-refractivity contribution < 1.29 is 54.1 Å². The molecular formula is H2CuFeMgMn. The van der Waals surface area contributed by atoms with Crippen molar-refractivity contribution in [3.05, 3.63) is 0 Å². The standard InChI is InChI=1S/Cu.Fe.Mg.Mn.2H/q;;+2;;2*-1. The average molecular weight is 201 g/mol. The van der Waals surface area contributed by atoms with Crippen LogP contribution in [0.25, 0.3) is 0 Å². The van der Waals surface area contributed by atoms with Crippen molar-refractivity contribution in [2.45, 2.75) is 0 Å². The van der Waals surface area contributed by atoms with E-state index < -0.39 is 0 Å². The van der Waals surface area contributed by atoms with Crippen LogP contribution in [0.4, 0.5) is 0 Å². The molecule has 0 aromatic rings. The summed E-state index contributed by atoms with van der Waals surface area (Å²) in [7, 11) is 0. The summed E-state index contributed by atoms with van der Waals surface area (Å²) in [4.78, 5) is 0. The maximum Gasteiger partial charge on any atom is 2.00 e. The minimum absolute atomic E-state index is 0. The molecule has 0 spiro atoms. The fraction of sp³-hybridized carbons (Fsp3) is 0. The van der Waals surface area contributed by atoms with Gasteiger partial charge in [0.15, 0.2) is 0 Å². The van der Waals surface area contributed by atoms with Gasteiger partial charge in [0.1, 0.15) is 0 Å². The molecule has 30 valence electrons. The Kier molecular flexibility index (Phi) is 153. The third-order valence-electron chi connectivity index (χ3n) is 0. The largest absolute Gasteiger partial charge is 2.00 e. The Morgan fingerprint density at radius 1 is 1.25 bits per heavy atom. The molecule has 0 nitrogen and oxygen atoms in total. The molecular weight excluding hydrogens is 199 g/mol. The Morgan fingerprint density at radius 3 is 1.25 bits per heavy atom. The van der Waals surface area contributed by atoms with Crippen LogP contribution in [0.3, 0.4) is 0 Å². The minimum Gasteiger partial charge on any atom is -1.00 e. The van der Waals surface area contributed by atoms with Gasteiger partial charge in [0.25, 0.3) is 0 Å². The van der Waals surface area contributed by atoms with E-state index in [0.717, 1.165) is 0 Å². The zero-order valence-electron chi connectivity index (χ0n) is 3.74. The van der Waals surface area contributed by atoms with Gasteiger partial charge in [-0.1, -0.05) is 0 Å². The molecule has 0 aliphatic heterocycles.